The maximum atomic E-state index is 12.3. The van der Waals surface area contributed by atoms with Crippen molar-refractivity contribution in [3.63, 3.8) is 0 Å². The van der Waals surface area contributed by atoms with Gasteiger partial charge in [-0.05, 0) is 42.8 Å². The first-order chi connectivity index (χ1) is 11.0. The van der Waals surface area contributed by atoms with E-state index in [-0.39, 0.29) is 11.1 Å². The Balaban J connectivity index is 2.36. The van der Waals surface area contributed by atoms with Gasteiger partial charge in [-0.3, -0.25) is 14.5 Å². The SMILES string of the molecule is CCCN1C(=O)S/C(=C/c2cc(OC)c(OCC)cc2Cl)C1=O. The zero-order valence-electron chi connectivity index (χ0n) is 13.2. The van der Waals surface area contributed by atoms with Crippen molar-refractivity contribution in [3.8, 4) is 11.5 Å². The van der Waals surface area contributed by atoms with Crippen LogP contribution in [0.2, 0.25) is 5.02 Å². The third-order valence-corrected chi connectivity index (χ3v) is 4.42. The predicted octanol–water partition coefficient (Wildman–Crippen LogP) is 4.19. The number of hydrogen-bond donors (Lipinski definition) is 0. The molecule has 0 aromatic heterocycles. The second-order valence-electron chi connectivity index (χ2n) is 4.79. The number of amides is 2. The normalized spacial score (nSPS) is 16.3. The number of nitrogens with zero attached hydrogens (tertiary/aromatic N) is 1. The first-order valence-corrected chi connectivity index (χ1v) is 8.46. The summed E-state index contributed by atoms with van der Waals surface area (Å²) in [5, 5.41) is 0.175. The summed E-state index contributed by atoms with van der Waals surface area (Å²) < 4.78 is 10.7. The number of hydrogen-bond acceptors (Lipinski definition) is 5. The average Bonchev–Trinajstić information content (AvgIpc) is 2.78. The van der Waals surface area contributed by atoms with Crippen LogP contribution in [0.25, 0.3) is 6.08 Å². The van der Waals surface area contributed by atoms with Crippen molar-refractivity contribution in [1.82, 2.24) is 4.90 Å². The molecule has 0 bridgehead atoms. The van der Waals surface area contributed by atoms with E-state index >= 15 is 0 Å². The van der Waals surface area contributed by atoms with Gasteiger partial charge < -0.3 is 9.47 Å². The van der Waals surface area contributed by atoms with Crippen molar-refractivity contribution >= 4 is 40.6 Å². The van der Waals surface area contributed by atoms with Crippen molar-refractivity contribution in [2.75, 3.05) is 20.3 Å². The highest BCUT2D eigenvalue weighted by atomic mass is 35.5. The number of methoxy groups -OCH3 is 1. The largest absolute Gasteiger partial charge is 0.493 e. The Kier molecular flexibility index (Phi) is 5.96. The van der Waals surface area contributed by atoms with E-state index in [4.69, 9.17) is 21.1 Å². The van der Waals surface area contributed by atoms with Crippen LogP contribution in [0.4, 0.5) is 4.79 Å². The Labute approximate surface area is 144 Å². The van der Waals surface area contributed by atoms with Gasteiger partial charge in [-0.2, -0.15) is 0 Å². The summed E-state index contributed by atoms with van der Waals surface area (Å²) in [6.45, 7) is 4.69. The molecule has 1 saturated heterocycles. The first-order valence-electron chi connectivity index (χ1n) is 7.27. The molecule has 0 aliphatic carbocycles. The van der Waals surface area contributed by atoms with E-state index in [1.54, 1.807) is 18.2 Å². The lowest BCUT2D eigenvalue weighted by Crippen LogP contribution is -2.28. The molecule has 0 spiro atoms. The van der Waals surface area contributed by atoms with Gasteiger partial charge in [0.1, 0.15) is 0 Å². The monoisotopic (exact) mass is 355 g/mol. The lowest BCUT2D eigenvalue weighted by molar-refractivity contribution is -0.122. The molecular formula is C16H18ClNO4S. The number of halogens is 1. The fourth-order valence-electron chi connectivity index (χ4n) is 2.15. The Morgan fingerprint density at radius 1 is 1.26 bits per heavy atom. The summed E-state index contributed by atoms with van der Waals surface area (Å²) in [7, 11) is 1.53. The van der Waals surface area contributed by atoms with E-state index in [0.717, 1.165) is 18.2 Å². The fraction of sp³-hybridized carbons (Fsp3) is 0.375. The highest BCUT2D eigenvalue weighted by Crippen LogP contribution is 2.37. The van der Waals surface area contributed by atoms with E-state index in [0.29, 0.717) is 40.1 Å². The number of carbonyl (C=O) groups is 2. The third kappa shape index (κ3) is 3.82. The van der Waals surface area contributed by atoms with Crippen LogP contribution in [-0.2, 0) is 4.79 Å². The number of thioether (sulfide) groups is 1. The van der Waals surface area contributed by atoms with Gasteiger partial charge in [-0.15, -0.1) is 0 Å². The van der Waals surface area contributed by atoms with Crippen LogP contribution < -0.4 is 9.47 Å². The second-order valence-corrected chi connectivity index (χ2v) is 6.19. The summed E-state index contributed by atoms with van der Waals surface area (Å²) in [5.74, 6) is 0.775. The minimum atomic E-state index is -0.286. The Hall–Kier alpha value is -1.66. The Bertz CT molecular complexity index is 660. The molecule has 0 radical (unpaired) electrons. The fourth-order valence-corrected chi connectivity index (χ4v) is 3.21. The molecule has 7 heteroatoms. The van der Waals surface area contributed by atoms with Crippen LogP contribution in [0.3, 0.4) is 0 Å². The van der Waals surface area contributed by atoms with Gasteiger partial charge in [0.15, 0.2) is 11.5 Å². The van der Waals surface area contributed by atoms with Crippen LogP contribution in [0.15, 0.2) is 17.0 Å². The smallest absolute Gasteiger partial charge is 0.293 e. The molecule has 0 unspecified atom stereocenters. The third-order valence-electron chi connectivity index (χ3n) is 3.19. The van der Waals surface area contributed by atoms with Crippen LogP contribution in [-0.4, -0.2) is 36.3 Å². The number of carbonyl (C=O) groups excluding carboxylic acids is 2. The van der Waals surface area contributed by atoms with Gasteiger partial charge in [0.2, 0.25) is 0 Å². The van der Waals surface area contributed by atoms with Crippen LogP contribution in [0.5, 0.6) is 11.5 Å². The number of imide groups is 1. The molecule has 1 fully saturated rings. The van der Waals surface area contributed by atoms with Crippen LogP contribution in [0.1, 0.15) is 25.8 Å². The molecule has 5 nitrogen and oxygen atoms in total. The van der Waals surface area contributed by atoms with Crippen molar-refractivity contribution in [2.24, 2.45) is 0 Å². The van der Waals surface area contributed by atoms with Gasteiger partial charge >= 0.3 is 0 Å². The lowest BCUT2D eigenvalue weighted by atomic mass is 10.1. The molecule has 23 heavy (non-hydrogen) atoms. The van der Waals surface area contributed by atoms with Gasteiger partial charge in [0.05, 0.1) is 23.6 Å². The van der Waals surface area contributed by atoms with Crippen molar-refractivity contribution in [3.05, 3.63) is 27.6 Å². The Morgan fingerprint density at radius 3 is 2.61 bits per heavy atom. The zero-order valence-corrected chi connectivity index (χ0v) is 14.8. The molecule has 0 saturated carbocycles. The number of rotatable bonds is 6. The zero-order chi connectivity index (χ0) is 17.0. The number of ether oxygens (including phenoxy) is 2. The van der Waals surface area contributed by atoms with E-state index in [1.165, 1.54) is 12.0 Å². The predicted molar refractivity (Wildman–Crippen MR) is 92.1 cm³/mol. The van der Waals surface area contributed by atoms with Crippen molar-refractivity contribution in [1.29, 1.82) is 0 Å². The maximum absolute atomic E-state index is 12.3. The Morgan fingerprint density at radius 2 is 2.00 bits per heavy atom. The van der Waals surface area contributed by atoms with Gasteiger partial charge in [-0.1, -0.05) is 18.5 Å². The summed E-state index contributed by atoms with van der Waals surface area (Å²) in [4.78, 5) is 25.7. The van der Waals surface area contributed by atoms with E-state index in [9.17, 15) is 9.59 Å². The standard InChI is InChI=1S/C16H18ClNO4S/c1-4-6-18-15(19)14(23-16(18)20)8-10-7-12(21-3)13(22-5-2)9-11(10)17/h7-9H,4-6H2,1-3H3/b14-8+. The molecule has 1 aliphatic heterocycles. The minimum Gasteiger partial charge on any atom is -0.493 e. The molecule has 0 N–H and O–H groups in total. The first kappa shape index (κ1) is 17.7. The lowest BCUT2D eigenvalue weighted by Gasteiger charge is -2.12. The average molecular weight is 356 g/mol. The van der Waals surface area contributed by atoms with Gasteiger partial charge in [0.25, 0.3) is 11.1 Å². The van der Waals surface area contributed by atoms with Crippen molar-refractivity contribution in [2.45, 2.75) is 20.3 Å². The molecule has 1 heterocycles. The highest BCUT2D eigenvalue weighted by Gasteiger charge is 2.34. The highest BCUT2D eigenvalue weighted by molar-refractivity contribution is 8.18. The van der Waals surface area contributed by atoms with Gasteiger partial charge in [-0.25, -0.2) is 0 Å². The molecule has 124 valence electrons. The molecule has 1 aliphatic rings. The molecular weight excluding hydrogens is 338 g/mol. The van der Waals surface area contributed by atoms with Gasteiger partial charge in [0, 0.05) is 12.6 Å². The summed E-state index contributed by atoms with van der Waals surface area (Å²) in [6.07, 6.45) is 2.34. The minimum absolute atomic E-state index is 0.253. The quantitative estimate of drug-likeness (QED) is 0.716. The summed E-state index contributed by atoms with van der Waals surface area (Å²) in [5.41, 5.74) is 0.606. The molecule has 2 amide bonds. The number of benzene rings is 1. The van der Waals surface area contributed by atoms with Crippen LogP contribution in [0, 0.1) is 0 Å². The molecule has 1 aromatic carbocycles. The van der Waals surface area contributed by atoms with E-state index < -0.39 is 0 Å². The molecule has 1 aromatic rings. The van der Waals surface area contributed by atoms with Crippen LogP contribution >= 0.6 is 23.4 Å². The van der Waals surface area contributed by atoms with Crippen molar-refractivity contribution < 1.29 is 19.1 Å². The summed E-state index contributed by atoms with van der Waals surface area (Å²) >= 11 is 7.18. The van der Waals surface area contributed by atoms with E-state index in [2.05, 4.69) is 0 Å². The second kappa shape index (κ2) is 7.75. The maximum Gasteiger partial charge on any atom is 0.293 e. The molecule has 2 rings (SSSR count). The molecule has 0 atom stereocenters. The topological polar surface area (TPSA) is 55.8 Å². The van der Waals surface area contributed by atoms with E-state index in [1.807, 2.05) is 13.8 Å². The summed E-state index contributed by atoms with van der Waals surface area (Å²) in [6, 6.07) is 3.34.